The van der Waals surface area contributed by atoms with Crippen molar-refractivity contribution < 1.29 is 22.7 Å². The number of thioether (sulfide) groups is 1. The van der Waals surface area contributed by atoms with Crippen LogP contribution in [0.1, 0.15) is 33.6 Å². The molecular weight excluding hydrogens is 253 g/mol. The quantitative estimate of drug-likeness (QED) is 0.662. The zero-order valence-electron chi connectivity index (χ0n) is 10.3. The van der Waals surface area contributed by atoms with E-state index in [0.717, 1.165) is 11.8 Å². The summed E-state index contributed by atoms with van der Waals surface area (Å²) in [4.78, 5) is 11.6. The molecule has 2 nitrogen and oxygen atoms in total. The van der Waals surface area contributed by atoms with Crippen molar-refractivity contribution in [3.8, 4) is 0 Å². The molecule has 0 aromatic rings. The van der Waals surface area contributed by atoms with E-state index >= 15 is 0 Å². The SMILES string of the molecule is CCCOC(=O)C(SCCC(F)(F)F)C(C)C. The summed E-state index contributed by atoms with van der Waals surface area (Å²) in [6.07, 6.45) is -4.33. The predicted octanol–water partition coefficient (Wildman–Crippen LogP) is 3.65. The highest BCUT2D eigenvalue weighted by Crippen LogP contribution is 2.27. The van der Waals surface area contributed by atoms with Crippen LogP contribution in [0.25, 0.3) is 0 Å². The van der Waals surface area contributed by atoms with Crippen LogP contribution in [0.15, 0.2) is 0 Å². The zero-order valence-corrected chi connectivity index (χ0v) is 11.2. The number of carbonyl (C=O) groups excluding carboxylic acids is 1. The lowest BCUT2D eigenvalue weighted by atomic mass is 10.1. The fourth-order valence-electron chi connectivity index (χ4n) is 1.12. The maximum atomic E-state index is 12.0. The van der Waals surface area contributed by atoms with Gasteiger partial charge in [0.1, 0.15) is 5.25 Å². The molecule has 0 saturated carbocycles. The monoisotopic (exact) mass is 272 g/mol. The molecule has 0 aliphatic rings. The Morgan fingerprint density at radius 1 is 1.35 bits per heavy atom. The third-order valence-corrected chi connectivity index (χ3v) is 3.50. The Morgan fingerprint density at radius 3 is 2.35 bits per heavy atom. The average molecular weight is 272 g/mol. The maximum absolute atomic E-state index is 12.0. The van der Waals surface area contributed by atoms with Gasteiger partial charge in [0.2, 0.25) is 0 Å². The summed E-state index contributed by atoms with van der Waals surface area (Å²) in [6.45, 7) is 5.80. The molecule has 6 heteroatoms. The number of carbonyl (C=O) groups is 1. The standard InChI is InChI=1S/C11H19F3O2S/c1-4-6-16-10(15)9(8(2)3)17-7-5-11(12,13)14/h8-9H,4-7H2,1-3H3. The molecule has 0 spiro atoms. The lowest BCUT2D eigenvalue weighted by Gasteiger charge is -2.19. The van der Waals surface area contributed by atoms with Crippen molar-refractivity contribution in [2.24, 2.45) is 5.92 Å². The van der Waals surface area contributed by atoms with Crippen LogP contribution in [0.5, 0.6) is 0 Å². The van der Waals surface area contributed by atoms with E-state index in [1.54, 1.807) is 13.8 Å². The van der Waals surface area contributed by atoms with Gasteiger partial charge < -0.3 is 4.74 Å². The van der Waals surface area contributed by atoms with Crippen molar-refractivity contribution in [1.29, 1.82) is 0 Å². The highest BCUT2D eigenvalue weighted by molar-refractivity contribution is 8.00. The summed E-state index contributed by atoms with van der Waals surface area (Å²) in [5.41, 5.74) is 0. The van der Waals surface area contributed by atoms with Gasteiger partial charge in [0.15, 0.2) is 0 Å². The van der Waals surface area contributed by atoms with Crippen molar-refractivity contribution in [2.45, 2.75) is 45.0 Å². The molecule has 0 heterocycles. The minimum absolute atomic E-state index is 0.0300. The Labute approximate surface area is 104 Å². The summed E-state index contributed by atoms with van der Waals surface area (Å²) in [5, 5.41) is -0.510. The van der Waals surface area contributed by atoms with Crippen LogP contribution in [0.2, 0.25) is 0 Å². The van der Waals surface area contributed by atoms with Crippen LogP contribution in [0.3, 0.4) is 0 Å². The Balaban J connectivity index is 4.11. The number of hydrogen-bond donors (Lipinski definition) is 0. The molecule has 0 amide bonds. The van der Waals surface area contributed by atoms with Gasteiger partial charge in [-0.2, -0.15) is 13.2 Å². The van der Waals surface area contributed by atoms with Gasteiger partial charge in [-0.15, -0.1) is 11.8 Å². The Morgan fingerprint density at radius 2 is 1.94 bits per heavy atom. The van der Waals surface area contributed by atoms with E-state index in [9.17, 15) is 18.0 Å². The fourth-order valence-corrected chi connectivity index (χ4v) is 2.31. The Hall–Kier alpha value is -0.390. The molecule has 17 heavy (non-hydrogen) atoms. The van der Waals surface area contributed by atoms with Gasteiger partial charge in [0.25, 0.3) is 0 Å². The van der Waals surface area contributed by atoms with E-state index < -0.39 is 23.8 Å². The largest absolute Gasteiger partial charge is 0.465 e. The zero-order chi connectivity index (χ0) is 13.5. The second kappa shape index (κ2) is 7.84. The molecule has 1 unspecified atom stereocenters. The molecule has 0 bridgehead atoms. The second-order valence-electron chi connectivity index (χ2n) is 4.07. The lowest BCUT2D eigenvalue weighted by molar-refractivity contribution is -0.144. The first-order chi connectivity index (χ1) is 7.78. The third kappa shape index (κ3) is 8.35. The van der Waals surface area contributed by atoms with Crippen LogP contribution in [0, 0.1) is 5.92 Å². The molecule has 0 saturated heterocycles. The third-order valence-electron chi connectivity index (χ3n) is 1.97. The van der Waals surface area contributed by atoms with Crippen molar-refractivity contribution >= 4 is 17.7 Å². The average Bonchev–Trinajstić information content (AvgIpc) is 2.19. The van der Waals surface area contributed by atoms with Crippen molar-refractivity contribution in [2.75, 3.05) is 12.4 Å². The Bertz CT molecular complexity index is 229. The van der Waals surface area contributed by atoms with Gasteiger partial charge >= 0.3 is 12.1 Å². The maximum Gasteiger partial charge on any atom is 0.389 e. The van der Waals surface area contributed by atoms with E-state index in [2.05, 4.69) is 0 Å². The highest BCUT2D eigenvalue weighted by Gasteiger charge is 2.29. The van der Waals surface area contributed by atoms with Gasteiger partial charge in [0, 0.05) is 5.75 Å². The van der Waals surface area contributed by atoms with Gasteiger partial charge in [-0.25, -0.2) is 0 Å². The molecule has 0 aliphatic carbocycles. The highest BCUT2D eigenvalue weighted by atomic mass is 32.2. The number of esters is 1. The first kappa shape index (κ1) is 16.6. The van der Waals surface area contributed by atoms with Gasteiger partial charge in [-0.05, 0) is 12.3 Å². The number of rotatable bonds is 7. The number of ether oxygens (including phenoxy) is 1. The van der Waals surface area contributed by atoms with Crippen LogP contribution in [-0.2, 0) is 9.53 Å². The van der Waals surface area contributed by atoms with Crippen molar-refractivity contribution in [3.05, 3.63) is 0 Å². The van der Waals surface area contributed by atoms with Gasteiger partial charge in [0.05, 0.1) is 13.0 Å². The minimum atomic E-state index is -4.16. The normalized spacial score (nSPS) is 13.8. The summed E-state index contributed by atoms with van der Waals surface area (Å²) >= 11 is 1.02. The summed E-state index contributed by atoms with van der Waals surface area (Å²) < 4.78 is 40.9. The number of hydrogen-bond acceptors (Lipinski definition) is 3. The van der Waals surface area contributed by atoms with Crippen molar-refractivity contribution in [3.63, 3.8) is 0 Å². The van der Waals surface area contributed by atoms with E-state index in [-0.39, 0.29) is 11.7 Å². The Kier molecular flexibility index (Phi) is 7.66. The van der Waals surface area contributed by atoms with E-state index in [4.69, 9.17) is 4.74 Å². The second-order valence-corrected chi connectivity index (χ2v) is 5.32. The first-order valence-electron chi connectivity index (χ1n) is 5.63. The van der Waals surface area contributed by atoms with E-state index in [1.807, 2.05) is 6.92 Å². The van der Waals surface area contributed by atoms with Gasteiger partial charge in [-0.3, -0.25) is 4.79 Å². The van der Waals surface area contributed by atoms with Crippen LogP contribution >= 0.6 is 11.8 Å². The summed E-state index contributed by atoms with van der Waals surface area (Å²) in [7, 11) is 0. The van der Waals surface area contributed by atoms with E-state index in [0.29, 0.717) is 13.0 Å². The molecule has 0 aromatic heterocycles. The fraction of sp³-hybridized carbons (Fsp3) is 0.909. The number of halogens is 3. The van der Waals surface area contributed by atoms with Crippen LogP contribution in [0.4, 0.5) is 13.2 Å². The molecule has 0 aromatic carbocycles. The van der Waals surface area contributed by atoms with Crippen LogP contribution < -0.4 is 0 Å². The molecule has 0 radical (unpaired) electrons. The molecular formula is C11H19F3O2S. The summed E-state index contributed by atoms with van der Waals surface area (Å²) in [5.74, 6) is -0.542. The molecule has 1 atom stereocenters. The lowest BCUT2D eigenvalue weighted by Crippen LogP contribution is -2.26. The van der Waals surface area contributed by atoms with Gasteiger partial charge in [-0.1, -0.05) is 20.8 Å². The first-order valence-corrected chi connectivity index (χ1v) is 6.67. The molecule has 0 fully saturated rings. The molecule has 0 aliphatic heterocycles. The summed E-state index contributed by atoms with van der Waals surface area (Å²) in [6, 6.07) is 0. The predicted molar refractivity (Wildman–Crippen MR) is 63.0 cm³/mol. The van der Waals surface area contributed by atoms with E-state index in [1.165, 1.54) is 0 Å². The topological polar surface area (TPSA) is 26.3 Å². The van der Waals surface area contributed by atoms with Crippen molar-refractivity contribution in [1.82, 2.24) is 0 Å². The minimum Gasteiger partial charge on any atom is -0.465 e. The smallest absolute Gasteiger partial charge is 0.389 e. The molecule has 0 rings (SSSR count). The number of alkyl halides is 3. The van der Waals surface area contributed by atoms with Crippen LogP contribution in [-0.4, -0.2) is 29.8 Å². The molecule has 102 valence electrons. The molecule has 0 N–H and O–H groups in total.